The van der Waals surface area contributed by atoms with Gasteiger partial charge >= 0.3 is 0 Å². The summed E-state index contributed by atoms with van der Waals surface area (Å²) >= 11 is 0. The lowest BCUT2D eigenvalue weighted by Crippen LogP contribution is -1.88. The molecule has 0 saturated carbocycles. The molecule has 2 aliphatic rings. The molecular formula is C15H14. The van der Waals surface area contributed by atoms with E-state index in [4.69, 9.17) is 0 Å². The molecule has 0 bridgehead atoms. The predicted octanol–water partition coefficient (Wildman–Crippen LogP) is 3.90. The lowest BCUT2D eigenvalue weighted by Gasteiger charge is -2.04. The molecule has 0 heterocycles. The van der Waals surface area contributed by atoms with E-state index in [1.54, 1.807) is 5.57 Å². The Morgan fingerprint density at radius 3 is 2.73 bits per heavy atom. The van der Waals surface area contributed by atoms with Gasteiger partial charge in [0.2, 0.25) is 0 Å². The Kier molecular flexibility index (Phi) is 1.88. The molecule has 0 heteroatoms. The fourth-order valence-corrected chi connectivity index (χ4v) is 2.55. The molecular weight excluding hydrogens is 180 g/mol. The summed E-state index contributed by atoms with van der Waals surface area (Å²) < 4.78 is 0. The Bertz CT molecular complexity index is 499. The van der Waals surface area contributed by atoms with Gasteiger partial charge in [-0.1, -0.05) is 42.5 Å². The van der Waals surface area contributed by atoms with Crippen molar-refractivity contribution < 1.29 is 0 Å². The smallest absolute Gasteiger partial charge is 0.00140 e. The number of fused-ring (bicyclic) bond motifs is 1. The lowest BCUT2D eigenvalue weighted by molar-refractivity contribution is 1.15. The highest BCUT2D eigenvalue weighted by Crippen LogP contribution is 2.37. The fourth-order valence-electron chi connectivity index (χ4n) is 2.55. The first-order chi connectivity index (χ1) is 7.36. The summed E-state index contributed by atoms with van der Waals surface area (Å²) in [6.07, 6.45) is 8.89. The van der Waals surface area contributed by atoms with Crippen molar-refractivity contribution >= 4 is 5.57 Å². The van der Waals surface area contributed by atoms with E-state index in [9.17, 15) is 0 Å². The van der Waals surface area contributed by atoms with Gasteiger partial charge in [0.25, 0.3) is 0 Å². The van der Waals surface area contributed by atoms with E-state index in [1.165, 1.54) is 22.3 Å². The van der Waals surface area contributed by atoms with Crippen LogP contribution >= 0.6 is 0 Å². The van der Waals surface area contributed by atoms with Crippen molar-refractivity contribution in [3.05, 3.63) is 64.8 Å². The van der Waals surface area contributed by atoms with Gasteiger partial charge in [-0.05, 0) is 47.6 Å². The largest absolute Gasteiger partial charge is 0.0801 e. The lowest BCUT2D eigenvalue weighted by atomic mass is 10.0. The Morgan fingerprint density at radius 1 is 1.13 bits per heavy atom. The number of allylic oxidation sites excluding steroid dienone is 6. The maximum absolute atomic E-state index is 2.25. The summed E-state index contributed by atoms with van der Waals surface area (Å²) in [5, 5.41) is 0. The van der Waals surface area contributed by atoms with Crippen LogP contribution in [0.2, 0.25) is 0 Å². The fraction of sp³-hybridized carbons (Fsp3) is 0.200. The number of benzene rings is 1. The highest BCUT2D eigenvalue weighted by molar-refractivity contribution is 5.79. The van der Waals surface area contributed by atoms with Crippen LogP contribution in [0.15, 0.2) is 53.6 Å². The van der Waals surface area contributed by atoms with Crippen LogP contribution in [0.5, 0.6) is 0 Å². The number of hydrogen-bond donors (Lipinski definition) is 0. The van der Waals surface area contributed by atoms with E-state index in [-0.39, 0.29) is 0 Å². The minimum atomic E-state index is 1.11. The third-order valence-corrected chi connectivity index (χ3v) is 3.40. The molecule has 2 aliphatic carbocycles. The zero-order valence-electron chi connectivity index (χ0n) is 8.96. The van der Waals surface area contributed by atoms with Crippen LogP contribution in [0, 0.1) is 0 Å². The standard InChI is InChI=1S/C15H14/c1-11-14-9-5-4-8-13(14)10-15(11)12-6-2-3-7-12/h2-6,8-9H,7,10H2,1H3. The highest BCUT2D eigenvalue weighted by atomic mass is 14.2. The van der Waals surface area contributed by atoms with Gasteiger partial charge < -0.3 is 0 Å². The van der Waals surface area contributed by atoms with E-state index in [0.29, 0.717) is 0 Å². The number of hydrogen-bond acceptors (Lipinski definition) is 0. The first-order valence-corrected chi connectivity index (χ1v) is 5.50. The second-order valence-corrected chi connectivity index (χ2v) is 4.26. The van der Waals surface area contributed by atoms with Gasteiger partial charge in [0.15, 0.2) is 0 Å². The Hall–Kier alpha value is -1.56. The van der Waals surface area contributed by atoms with Crippen LogP contribution in [0.3, 0.4) is 0 Å². The van der Waals surface area contributed by atoms with Crippen molar-refractivity contribution in [2.45, 2.75) is 19.8 Å². The molecule has 0 spiro atoms. The third kappa shape index (κ3) is 1.29. The molecule has 0 nitrogen and oxygen atoms in total. The molecule has 0 aromatic heterocycles. The molecule has 0 fully saturated rings. The molecule has 0 amide bonds. The molecule has 0 atom stereocenters. The summed E-state index contributed by atoms with van der Waals surface area (Å²) in [4.78, 5) is 0. The summed E-state index contributed by atoms with van der Waals surface area (Å²) in [7, 11) is 0. The molecule has 0 radical (unpaired) electrons. The van der Waals surface area contributed by atoms with Gasteiger partial charge in [-0.2, -0.15) is 0 Å². The minimum absolute atomic E-state index is 1.11. The summed E-state index contributed by atoms with van der Waals surface area (Å²) in [6.45, 7) is 2.25. The molecule has 15 heavy (non-hydrogen) atoms. The van der Waals surface area contributed by atoms with E-state index in [1.807, 2.05) is 0 Å². The molecule has 1 aromatic carbocycles. The summed E-state index contributed by atoms with van der Waals surface area (Å²) in [5.74, 6) is 0. The SMILES string of the molecule is CC1=C(C2=CC=CC2)Cc2ccccc21. The number of rotatable bonds is 1. The maximum Gasteiger partial charge on any atom is -0.00140 e. The van der Waals surface area contributed by atoms with E-state index in [2.05, 4.69) is 49.4 Å². The van der Waals surface area contributed by atoms with Crippen LogP contribution in [0.4, 0.5) is 0 Å². The van der Waals surface area contributed by atoms with Gasteiger partial charge in [-0.25, -0.2) is 0 Å². The van der Waals surface area contributed by atoms with Gasteiger partial charge in [0, 0.05) is 0 Å². The molecule has 0 saturated heterocycles. The van der Waals surface area contributed by atoms with Crippen molar-refractivity contribution in [3.8, 4) is 0 Å². The molecule has 74 valence electrons. The van der Waals surface area contributed by atoms with Gasteiger partial charge in [0.1, 0.15) is 0 Å². The quantitative estimate of drug-likeness (QED) is 0.636. The van der Waals surface area contributed by atoms with Gasteiger partial charge in [-0.15, -0.1) is 0 Å². The zero-order chi connectivity index (χ0) is 10.3. The first-order valence-electron chi connectivity index (χ1n) is 5.50. The maximum atomic E-state index is 2.25. The van der Waals surface area contributed by atoms with Crippen LogP contribution in [-0.4, -0.2) is 0 Å². The van der Waals surface area contributed by atoms with E-state index >= 15 is 0 Å². The molecule has 0 unspecified atom stereocenters. The van der Waals surface area contributed by atoms with Crippen molar-refractivity contribution in [2.75, 3.05) is 0 Å². The highest BCUT2D eigenvalue weighted by Gasteiger charge is 2.20. The van der Waals surface area contributed by atoms with Crippen LogP contribution in [0.25, 0.3) is 5.57 Å². The first kappa shape index (κ1) is 8.72. The average Bonchev–Trinajstić information content (AvgIpc) is 2.87. The van der Waals surface area contributed by atoms with E-state index < -0.39 is 0 Å². The third-order valence-electron chi connectivity index (χ3n) is 3.40. The molecule has 0 aliphatic heterocycles. The predicted molar refractivity (Wildman–Crippen MR) is 64.6 cm³/mol. The summed E-state index contributed by atoms with van der Waals surface area (Å²) in [6, 6.07) is 8.75. The van der Waals surface area contributed by atoms with Crippen molar-refractivity contribution in [1.82, 2.24) is 0 Å². The van der Waals surface area contributed by atoms with Gasteiger partial charge in [-0.3, -0.25) is 0 Å². The normalized spacial score (nSPS) is 18.3. The zero-order valence-corrected chi connectivity index (χ0v) is 8.96. The van der Waals surface area contributed by atoms with Crippen LogP contribution in [0.1, 0.15) is 24.5 Å². The van der Waals surface area contributed by atoms with Crippen molar-refractivity contribution in [3.63, 3.8) is 0 Å². The van der Waals surface area contributed by atoms with Gasteiger partial charge in [0.05, 0.1) is 0 Å². The topological polar surface area (TPSA) is 0 Å². The summed E-state index contributed by atoms with van der Waals surface area (Å²) in [5.41, 5.74) is 7.45. The monoisotopic (exact) mass is 194 g/mol. The van der Waals surface area contributed by atoms with E-state index in [0.717, 1.165) is 12.8 Å². The van der Waals surface area contributed by atoms with Crippen molar-refractivity contribution in [1.29, 1.82) is 0 Å². The minimum Gasteiger partial charge on any atom is -0.0801 e. The molecule has 0 N–H and O–H groups in total. The second-order valence-electron chi connectivity index (χ2n) is 4.26. The second kappa shape index (κ2) is 3.23. The Morgan fingerprint density at radius 2 is 2.00 bits per heavy atom. The Labute approximate surface area is 90.6 Å². The molecule has 3 rings (SSSR count). The Balaban J connectivity index is 2.05. The molecule has 1 aromatic rings. The van der Waals surface area contributed by atoms with Crippen LogP contribution in [-0.2, 0) is 6.42 Å². The van der Waals surface area contributed by atoms with Crippen molar-refractivity contribution in [2.24, 2.45) is 0 Å². The van der Waals surface area contributed by atoms with Crippen LogP contribution < -0.4 is 0 Å². The average molecular weight is 194 g/mol.